The van der Waals surface area contributed by atoms with Crippen LogP contribution in [0.5, 0.6) is 0 Å². The van der Waals surface area contributed by atoms with Crippen molar-refractivity contribution in [2.45, 2.75) is 17.7 Å². The Morgan fingerprint density at radius 2 is 1.61 bits per heavy atom. The molecule has 0 heterocycles. The molecule has 0 aliphatic carbocycles. The van der Waals surface area contributed by atoms with Gasteiger partial charge in [-0.25, -0.2) is 17.2 Å². The molecule has 28 heavy (non-hydrogen) atoms. The van der Waals surface area contributed by atoms with Gasteiger partial charge in [0.05, 0.1) is 4.90 Å². The van der Waals surface area contributed by atoms with E-state index in [1.165, 1.54) is 12.3 Å². The highest BCUT2D eigenvalue weighted by Gasteiger charge is 2.08. The zero-order valence-electron chi connectivity index (χ0n) is 15.7. The summed E-state index contributed by atoms with van der Waals surface area (Å²) in [5, 5.41) is 6.18. The van der Waals surface area contributed by atoms with Crippen LogP contribution in [0.2, 0.25) is 0 Å². The van der Waals surface area contributed by atoms with E-state index in [4.69, 9.17) is 0 Å². The summed E-state index contributed by atoms with van der Waals surface area (Å²) in [5.74, 6) is -1.11. The maximum absolute atomic E-state index is 13.6. The van der Waals surface area contributed by atoms with Crippen LogP contribution in [0.15, 0.2) is 52.4 Å². The van der Waals surface area contributed by atoms with E-state index in [0.29, 0.717) is 42.3 Å². The molecule has 2 rings (SSSR count). The van der Waals surface area contributed by atoms with Gasteiger partial charge < -0.3 is 10.6 Å². The fourth-order valence-corrected chi connectivity index (χ4v) is 3.14. The lowest BCUT2D eigenvalue weighted by Gasteiger charge is -2.12. The normalized spacial score (nSPS) is 11.6. The molecule has 0 unspecified atom stereocenters. The zero-order chi connectivity index (χ0) is 19.9. The molecule has 2 aromatic rings. The number of hydrogen-bond donors (Lipinski definition) is 2. The minimum atomic E-state index is -3.19. The van der Waals surface area contributed by atoms with Gasteiger partial charge in [0, 0.05) is 26.4 Å². The first kappa shape index (κ1) is 24.3. The third kappa shape index (κ3) is 7.34. The Labute approximate surface area is 181 Å². The molecule has 0 radical (unpaired) electrons. The average Bonchev–Trinajstić information content (AvgIpc) is 2.63. The Balaban J connectivity index is 0.00000392. The summed E-state index contributed by atoms with van der Waals surface area (Å²) >= 11 is 0. The van der Waals surface area contributed by atoms with Crippen molar-refractivity contribution >= 4 is 39.8 Å². The van der Waals surface area contributed by atoms with Gasteiger partial charge in [0.25, 0.3) is 0 Å². The van der Waals surface area contributed by atoms with Crippen LogP contribution in [0, 0.1) is 11.6 Å². The molecular weight excluding hydrogens is 499 g/mol. The van der Waals surface area contributed by atoms with Gasteiger partial charge in [-0.1, -0.05) is 24.3 Å². The van der Waals surface area contributed by atoms with Crippen molar-refractivity contribution in [2.75, 3.05) is 26.4 Å². The first-order valence-corrected chi connectivity index (χ1v) is 10.4. The Hall–Kier alpha value is -1.75. The van der Waals surface area contributed by atoms with E-state index in [0.717, 1.165) is 11.6 Å². The predicted octanol–water partition coefficient (Wildman–Crippen LogP) is 2.94. The first-order chi connectivity index (χ1) is 12.8. The van der Waals surface area contributed by atoms with Gasteiger partial charge in [0.15, 0.2) is 27.4 Å². The molecule has 0 spiro atoms. The average molecular weight is 523 g/mol. The highest BCUT2D eigenvalue weighted by molar-refractivity contribution is 14.0. The van der Waals surface area contributed by atoms with Gasteiger partial charge >= 0.3 is 0 Å². The monoisotopic (exact) mass is 523 g/mol. The molecule has 2 aromatic carbocycles. The van der Waals surface area contributed by atoms with E-state index < -0.39 is 21.5 Å². The van der Waals surface area contributed by atoms with Crippen molar-refractivity contribution in [3.8, 4) is 0 Å². The van der Waals surface area contributed by atoms with E-state index in [1.54, 1.807) is 37.4 Å². The molecule has 0 amide bonds. The van der Waals surface area contributed by atoms with E-state index in [9.17, 15) is 17.2 Å². The highest BCUT2D eigenvalue weighted by Crippen LogP contribution is 2.12. The molecule has 0 aliphatic rings. The number of guanidine groups is 1. The molecule has 5 nitrogen and oxygen atoms in total. The van der Waals surface area contributed by atoms with Gasteiger partial charge in [0.1, 0.15) is 0 Å². The van der Waals surface area contributed by atoms with Crippen LogP contribution in [0.4, 0.5) is 8.78 Å². The Morgan fingerprint density at radius 3 is 2.18 bits per heavy atom. The van der Waals surface area contributed by atoms with Crippen molar-refractivity contribution in [3.05, 3.63) is 65.2 Å². The summed E-state index contributed by atoms with van der Waals surface area (Å²) < 4.78 is 49.7. The maximum Gasteiger partial charge on any atom is 0.190 e. The van der Waals surface area contributed by atoms with Gasteiger partial charge in [-0.15, -0.1) is 24.0 Å². The lowest BCUT2D eigenvalue weighted by Crippen LogP contribution is -2.39. The van der Waals surface area contributed by atoms with Gasteiger partial charge in [0.2, 0.25) is 0 Å². The molecule has 0 aromatic heterocycles. The molecule has 0 fully saturated rings. The van der Waals surface area contributed by atoms with Crippen LogP contribution in [-0.2, 0) is 22.7 Å². The number of halogens is 3. The molecule has 0 saturated heterocycles. The molecule has 9 heteroatoms. The molecule has 2 N–H and O–H groups in total. The number of nitrogens with zero attached hydrogens (tertiary/aromatic N) is 1. The standard InChI is InChI=1S/C19H23F2N3O2S.HI/c1-22-19(24-13-11-15-4-3-5-17(20)18(15)21)23-12-10-14-6-8-16(9-7-14)27(2,25)26;/h3-9H,10-13H2,1-2H3,(H2,22,23,24);1H. The zero-order valence-corrected chi connectivity index (χ0v) is 18.9. The number of aliphatic imine (C=N–C) groups is 1. The van der Waals surface area contributed by atoms with E-state index in [1.807, 2.05) is 0 Å². The molecule has 0 saturated carbocycles. The van der Waals surface area contributed by atoms with Crippen molar-refractivity contribution in [1.82, 2.24) is 10.6 Å². The second kappa shape index (κ2) is 11.3. The maximum atomic E-state index is 13.6. The summed E-state index contributed by atoms with van der Waals surface area (Å²) in [4.78, 5) is 4.38. The Morgan fingerprint density at radius 1 is 1.00 bits per heavy atom. The topological polar surface area (TPSA) is 70.6 Å². The summed E-state index contributed by atoms with van der Waals surface area (Å²) in [6, 6.07) is 10.9. The van der Waals surface area contributed by atoms with Crippen LogP contribution in [0.3, 0.4) is 0 Å². The van der Waals surface area contributed by atoms with E-state index >= 15 is 0 Å². The third-order valence-corrected chi connectivity index (χ3v) is 5.13. The summed E-state index contributed by atoms with van der Waals surface area (Å²) in [6.45, 7) is 0.995. The summed E-state index contributed by atoms with van der Waals surface area (Å²) in [7, 11) is -1.57. The van der Waals surface area contributed by atoms with Gasteiger partial charge in [-0.3, -0.25) is 4.99 Å². The SMILES string of the molecule is CN=C(NCCc1ccc(S(C)(=O)=O)cc1)NCCc1cccc(F)c1F.I. The van der Waals surface area contributed by atoms with Crippen LogP contribution in [0.1, 0.15) is 11.1 Å². The number of benzene rings is 2. The van der Waals surface area contributed by atoms with Gasteiger partial charge in [-0.2, -0.15) is 0 Å². The Kier molecular flexibility index (Phi) is 9.80. The molecule has 0 bridgehead atoms. The quantitative estimate of drug-likeness (QED) is 0.333. The van der Waals surface area contributed by atoms with Crippen LogP contribution in [-0.4, -0.2) is 40.8 Å². The van der Waals surface area contributed by atoms with Crippen LogP contribution in [0.25, 0.3) is 0 Å². The first-order valence-electron chi connectivity index (χ1n) is 8.47. The number of sulfone groups is 1. The smallest absolute Gasteiger partial charge is 0.190 e. The molecule has 0 aliphatic heterocycles. The van der Waals surface area contributed by atoms with Crippen LogP contribution < -0.4 is 10.6 Å². The number of nitrogens with one attached hydrogen (secondary N) is 2. The van der Waals surface area contributed by atoms with E-state index in [-0.39, 0.29) is 24.0 Å². The second-order valence-corrected chi connectivity index (χ2v) is 8.07. The fourth-order valence-electron chi connectivity index (χ4n) is 2.51. The Bertz CT molecular complexity index is 904. The molecule has 0 atom stereocenters. The number of hydrogen-bond acceptors (Lipinski definition) is 3. The predicted molar refractivity (Wildman–Crippen MR) is 118 cm³/mol. The highest BCUT2D eigenvalue weighted by atomic mass is 127. The summed E-state index contributed by atoms with van der Waals surface area (Å²) in [6.07, 6.45) is 2.19. The van der Waals surface area contributed by atoms with Crippen molar-refractivity contribution < 1.29 is 17.2 Å². The van der Waals surface area contributed by atoms with Crippen molar-refractivity contribution in [3.63, 3.8) is 0 Å². The minimum absolute atomic E-state index is 0. The largest absolute Gasteiger partial charge is 0.356 e. The second-order valence-electron chi connectivity index (χ2n) is 6.05. The molecule has 154 valence electrons. The summed E-state index contributed by atoms with van der Waals surface area (Å²) in [5.41, 5.74) is 1.30. The minimum Gasteiger partial charge on any atom is -0.356 e. The van der Waals surface area contributed by atoms with Crippen molar-refractivity contribution in [1.29, 1.82) is 0 Å². The van der Waals surface area contributed by atoms with Gasteiger partial charge in [-0.05, 0) is 42.2 Å². The van der Waals surface area contributed by atoms with Crippen LogP contribution >= 0.6 is 24.0 Å². The lowest BCUT2D eigenvalue weighted by molar-refractivity contribution is 0.498. The number of rotatable bonds is 7. The lowest BCUT2D eigenvalue weighted by atomic mass is 10.1. The van der Waals surface area contributed by atoms with E-state index in [2.05, 4.69) is 15.6 Å². The fraction of sp³-hybridized carbons (Fsp3) is 0.316. The van der Waals surface area contributed by atoms with Crippen molar-refractivity contribution in [2.24, 2.45) is 4.99 Å². The third-order valence-electron chi connectivity index (χ3n) is 4.00. The molecular formula is C19H24F2IN3O2S.